The lowest BCUT2D eigenvalue weighted by atomic mass is 9.82. The monoisotopic (exact) mass is 221 g/mol. The van der Waals surface area contributed by atoms with Crippen LogP contribution in [0.25, 0.3) is 0 Å². The highest BCUT2D eigenvalue weighted by Gasteiger charge is 2.59. The Morgan fingerprint density at radius 2 is 1.88 bits per heavy atom. The van der Waals surface area contributed by atoms with Gasteiger partial charge >= 0.3 is 0 Å². The maximum atomic E-state index is 6.13. The molecule has 0 radical (unpaired) electrons. The standard InChI is InChI=1S/C13H23N3/c1-12(7-8-12)13(2)9-15-11(14)16(13)10-5-3-4-6-10/h10H,3-9H2,1-2H3,(H2,14,15). The van der Waals surface area contributed by atoms with Crippen molar-refractivity contribution in [3.8, 4) is 0 Å². The average Bonchev–Trinajstić information content (AvgIpc) is 2.71. The van der Waals surface area contributed by atoms with Crippen LogP contribution in [0.2, 0.25) is 0 Å². The van der Waals surface area contributed by atoms with Crippen LogP contribution in [0.3, 0.4) is 0 Å². The molecule has 3 heteroatoms. The molecule has 3 rings (SSSR count). The largest absolute Gasteiger partial charge is 0.370 e. The lowest BCUT2D eigenvalue weighted by Gasteiger charge is -2.45. The van der Waals surface area contributed by atoms with E-state index in [0.29, 0.717) is 11.5 Å². The maximum absolute atomic E-state index is 6.13. The first-order chi connectivity index (χ1) is 7.57. The molecule has 1 aliphatic heterocycles. The summed E-state index contributed by atoms with van der Waals surface area (Å²) in [5.41, 5.74) is 6.79. The topological polar surface area (TPSA) is 41.6 Å². The molecular formula is C13H23N3. The van der Waals surface area contributed by atoms with Gasteiger partial charge in [0.2, 0.25) is 0 Å². The molecule has 16 heavy (non-hydrogen) atoms. The smallest absolute Gasteiger partial charge is 0.192 e. The first kappa shape index (κ1) is 10.4. The van der Waals surface area contributed by atoms with Gasteiger partial charge in [0.05, 0.1) is 12.1 Å². The molecule has 2 saturated carbocycles. The third-order valence-electron chi connectivity index (χ3n) is 5.32. The van der Waals surface area contributed by atoms with Crippen molar-refractivity contribution in [1.29, 1.82) is 0 Å². The van der Waals surface area contributed by atoms with Crippen LogP contribution in [0, 0.1) is 5.41 Å². The van der Waals surface area contributed by atoms with Crippen LogP contribution in [-0.2, 0) is 0 Å². The Hall–Kier alpha value is -0.730. The Morgan fingerprint density at radius 3 is 2.44 bits per heavy atom. The fourth-order valence-electron chi connectivity index (χ4n) is 3.60. The van der Waals surface area contributed by atoms with Gasteiger partial charge in [0.1, 0.15) is 0 Å². The van der Waals surface area contributed by atoms with E-state index in [9.17, 15) is 0 Å². The molecule has 2 N–H and O–H groups in total. The molecule has 0 saturated heterocycles. The van der Waals surface area contributed by atoms with Gasteiger partial charge in [-0.05, 0) is 38.0 Å². The molecule has 3 nitrogen and oxygen atoms in total. The number of guanidine groups is 1. The molecule has 3 aliphatic rings. The molecular weight excluding hydrogens is 198 g/mol. The molecule has 0 aromatic heterocycles. The quantitative estimate of drug-likeness (QED) is 0.776. The number of rotatable bonds is 2. The van der Waals surface area contributed by atoms with Crippen LogP contribution in [0.1, 0.15) is 52.4 Å². The highest BCUT2D eigenvalue weighted by atomic mass is 15.4. The second-order valence-electron chi connectivity index (χ2n) is 6.32. The summed E-state index contributed by atoms with van der Waals surface area (Å²) in [7, 11) is 0. The minimum absolute atomic E-state index is 0.200. The van der Waals surface area contributed by atoms with Crippen molar-refractivity contribution >= 4 is 5.96 Å². The van der Waals surface area contributed by atoms with Crippen LogP contribution in [-0.4, -0.2) is 29.0 Å². The maximum Gasteiger partial charge on any atom is 0.192 e. The molecule has 90 valence electrons. The van der Waals surface area contributed by atoms with E-state index >= 15 is 0 Å². The predicted molar refractivity (Wildman–Crippen MR) is 66.3 cm³/mol. The molecule has 0 aromatic carbocycles. The number of nitrogens with two attached hydrogens (primary N) is 1. The zero-order chi connectivity index (χ0) is 11.4. The molecule has 2 fully saturated rings. The van der Waals surface area contributed by atoms with E-state index in [0.717, 1.165) is 12.5 Å². The van der Waals surface area contributed by atoms with Crippen molar-refractivity contribution in [1.82, 2.24) is 4.90 Å². The third-order valence-corrected chi connectivity index (χ3v) is 5.32. The van der Waals surface area contributed by atoms with E-state index in [1.807, 2.05) is 0 Å². The van der Waals surface area contributed by atoms with E-state index in [-0.39, 0.29) is 5.54 Å². The van der Waals surface area contributed by atoms with Crippen molar-refractivity contribution in [2.75, 3.05) is 6.54 Å². The zero-order valence-corrected chi connectivity index (χ0v) is 10.5. The fourth-order valence-corrected chi connectivity index (χ4v) is 3.60. The van der Waals surface area contributed by atoms with E-state index in [1.54, 1.807) is 0 Å². The predicted octanol–water partition coefficient (Wildman–Crippen LogP) is 2.12. The lowest BCUT2D eigenvalue weighted by Crippen LogP contribution is -2.58. The number of aliphatic imine (C=N–C) groups is 1. The number of hydrogen-bond donors (Lipinski definition) is 1. The summed E-state index contributed by atoms with van der Waals surface area (Å²) in [5.74, 6) is 0.808. The van der Waals surface area contributed by atoms with Gasteiger partial charge in [-0.2, -0.15) is 0 Å². The van der Waals surface area contributed by atoms with Gasteiger partial charge in [0.25, 0.3) is 0 Å². The van der Waals surface area contributed by atoms with Gasteiger partial charge in [-0.3, -0.25) is 4.99 Å². The summed E-state index contributed by atoms with van der Waals surface area (Å²) in [6.07, 6.45) is 8.03. The Labute approximate surface area is 98.1 Å². The van der Waals surface area contributed by atoms with Gasteiger partial charge in [-0.1, -0.05) is 19.8 Å². The average molecular weight is 221 g/mol. The van der Waals surface area contributed by atoms with E-state index in [2.05, 4.69) is 23.7 Å². The van der Waals surface area contributed by atoms with Crippen molar-refractivity contribution in [2.24, 2.45) is 16.1 Å². The van der Waals surface area contributed by atoms with E-state index in [1.165, 1.54) is 38.5 Å². The third kappa shape index (κ3) is 1.23. The molecule has 0 amide bonds. The molecule has 0 aromatic rings. The zero-order valence-electron chi connectivity index (χ0n) is 10.5. The van der Waals surface area contributed by atoms with Gasteiger partial charge in [-0.15, -0.1) is 0 Å². The van der Waals surface area contributed by atoms with Crippen LogP contribution in [0.4, 0.5) is 0 Å². The van der Waals surface area contributed by atoms with Crippen LogP contribution < -0.4 is 5.73 Å². The second kappa shape index (κ2) is 3.14. The van der Waals surface area contributed by atoms with Crippen molar-refractivity contribution in [3.05, 3.63) is 0 Å². The number of nitrogens with zero attached hydrogens (tertiary/aromatic N) is 2. The van der Waals surface area contributed by atoms with Gasteiger partial charge < -0.3 is 10.6 Å². The number of hydrogen-bond acceptors (Lipinski definition) is 3. The first-order valence-corrected chi connectivity index (χ1v) is 6.66. The summed E-state index contributed by atoms with van der Waals surface area (Å²) in [5, 5.41) is 0. The van der Waals surface area contributed by atoms with Crippen molar-refractivity contribution in [2.45, 2.75) is 64.0 Å². The normalized spacial score (nSPS) is 37.9. The van der Waals surface area contributed by atoms with Crippen LogP contribution >= 0.6 is 0 Å². The molecule has 1 unspecified atom stereocenters. The molecule has 2 aliphatic carbocycles. The Kier molecular flexibility index (Phi) is 2.05. The minimum atomic E-state index is 0.200. The summed E-state index contributed by atoms with van der Waals surface area (Å²) in [6.45, 7) is 5.69. The highest BCUT2D eigenvalue weighted by Crippen LogP contribution is 2.58. The molecule has 1 heterocycles. The minimum Gasteiger partial charge on any atom is -0.370 e. The summed E-state index contributed by atoms with van der Waals surface area (Å²) >= 11 is 0. The highest BCUT2D eigenvalue weighted by molar-refractivity contribution is 5.81. The van der Waals surface area contributed by atoms with E-state index in [4.69, 9.17) is 5.73 Å². The molecule has 0 bridgehead atoms. The summed E-state index contributed by atoms with van der Waals surface area (Å²) < 4.78 is 0. The summed E-state index contributed by atoms with van der Waals surface area (Å²) in [4.78, 5) is 7.02. The Morgan fingerprint density at radius 1 is 1.25 bits per heavy atom. The Bertz CT molecular complexity index is 326. The van der Waals surface area contributed by atoms with Crippen molar-refractivity contribution < 1.29 is 0 Å². The Balaban J connectivity index is 1.89. The SMILES string of the molecule is CC1(C2(C)CN=C(N)N2C2CCCC2)CC1. The van der Waals surface area contributed by atoms with E-state index < -0.39 is 0 Å². The molecule has 0 spiro atoms. The van der Waals surface area contributed by atoms with Crippen molar-refractivity contribution in [3.63, 3.8) is 0 Å². The van der Waals surface area contributed by atoms with Gasteiger partial charge in [0.15, 0.2) is 5.96 Å². The fraction of sp³-hybridized carbons (Fsp3) is 0.923. The van der Waals surface area contributed by atoms with Crippen LogP contribution in [0.15, 0.2) is 4.99 Å². The first-order valence-electron chi connectivity index (χ1n) is 6.66. The van der Waals surface area contributed by atoms with Gasteiger partial charge in [-0.25, -0.2) is 0 Å². The van der Waals surface area contributed by atoms with Gasteiger partial charge in [0, 0.05) is 6.04 Å². The summed E-state index contributed by atoms with van der Waals surface area (Å²) in [6, 6.07) is 0.661. The van der Waals surface area contributed by atoms with Crippen LogP contribution in [0.5, 0.6) is 0 Å². The second-order valence-corrected chi connectivity index (χ2v) is 6.32. The molecule has 1 atom stereocenters. The lowest BCUT2D eigenvalue weighted by molar-refractivity contribution is 0.0950.